The fraction of sp³-hybridized carbons (Fsp3) is 0.700. The Morgan fingerprint density at radius 2 is 2.22 bits per heavy atom. The molecule has 8 heteroatoms. The number of thioether (sulfide) groups is 1. The molecule has 0 atom stereocenters. The number of hydrogen-bond donors (Lipinski definition) is 1. The van der Waals surface area contributed by atoms with Crippen molar-refractivity contribution in [2.45, 2.75) is 17.9 Å². The fourth-order valence-corrected chi connectivity index (χ4v) is 4.25. The zero-order valence-corrected chi connectivity index (χ0v) is 11.7. The lowest BCUT2D eigenvalue weighted by Gasteiger charge is -2.18. The first-order chi connectivity index (χ1) is 8.64. The largest absolute Gasteiger partial charge is 0.394 e. The first-order valence-corrected chi connectivity index (χ1v) is 8.45. The van der Waals surface area contributed by atoms with Gasteiger partial charge in [-0.1, -0.05) is 0 Å². The smallest absolute Gasteiger partial charge is 0.246 e. The number of hydrogen-bond acceptors (Lipinski definition) is 5. The quantitative estimate of drug-likeness (QED) is 0.845. The third-order valence-electron chi connectivity index (χ3n) is 2.76. The highest BCUT2D eigenvalue weighted by atomic mass is 32.2. The van der Waals surface area contributed by atoms with Crippen molar-refractivity contribution in [3.63, 3.8) is 0 Å². The second kappa shape index (κ2) is 6.05. The molecule has 0 bridgehead atoms. The van der Waals surface area contributed by atoms with Gasteiger partial charge in [-0.15, -0.1) is 0 Å². The summed E-state index contributed by atoms with van der Waals surface area (Å²) in [6.45, 7) is 1.38. The molecule has 0 aliphatic carbocycles. The molecule has 0 saturated carbocycles. The van der Waals surface area contributed by atoms with E-state index in [1.807, 2.05) is 0 Å². The molecule has 1 aromatic heterocycles. The van der Waals surface area contributed by atoms with E-state index >= 15 is 0 Å². The van der Waals surface area contributed by atoms with E-state index in [9.17, 15) is 8.42 Å². The first kappa shape index (κ1) is 13.9. The SMILES string of the molecule is O=S(=O)(c1cnn(CCO)c1)N1CCCSCC1. The van der Waals surface area contributed by atoms with Gasteiger partial charge in [0.05, 0.1) is 19.3 Å². The Morgan fingerprint density at radius 1 is 1.39 bits per heavy atom. The van der Waals surface area contributed by atoms with Crippen molar-refractivity contribution in [3.8, 4) is 0 Å². The minimum Gasteiger partial charge on any atom is -0.394 e. The van der Waals surface area contributed by atoms with Crippen molar-refractivity contribution in [2.75, 3.05) is 31.2 Å². The Kier molecular flexibility index (Phi) is 4.66. The van der Waals surface area contributed by atoms with Gasteiger partial charge >= 0.3 is 0 Å². The molecule has 0 unspecified atom stereocenters. The summed E-state index contributed by atoms with van der Waals surface area (Å²) in [6.07, 6.45) is 3.71. The summed E-state index contributed by atoms with van der Waals surface area (Å²) < 4.78 is 27.7. The van der Waals surface area contributed by atoms with Crippen LogP contribution in [0.2, 0.25) is 0 Å². The molecule has 1 fully saturated rings. The van der Waals surface area contributed by atoms with Crippen LogP contribution in [0.25, 0.3) is 0 Å². The summed E-state index contributed by atoms with van der Waals surface area (Å²) in [7, 11) is -3.43. The number of sulfonamides is 1. The Balaban J connectivity index is 2.17. The van der Waals surface area contributed by atoms with Crippen molar-refractivity contribution in [3.05, 3.63) is 12.4 Å². The van der Waals surface area contributed by atoms with E-state index in [4.69, 9.17) is 5.11 Å². The first-order valence-electron chi connectivity index (χ1n) is 5.86. The average Bonchev–Trinajstić information content (AvgIpc) is 2.65. The highest BCUT2D eigenvalue weighted by molar-refractivity contribution is 7.99. The number of aromatic nitrogens is 2. The van der Waals surface area contributed by atoms with Gasteiger partial charge in [0.25, 0.3) is 0 Å². The van der Waals surface area contributed by atoms with Gasteiger partial charge in [0.2, 0.25) is 10.0 Å². The summed E-state index contributed by atoms with van der Waals surface area (Å²) in [5, 5.41) is 12.7. The standard InChI is InChI=1S/C10H17N3O3S2/c14-5-3-12-9-10(8-11-12)18(15,16)13-2-1-6-17-7-4-13/h8-9,14H,1-7H2. The normalized spacial score (nSPS) is 18.7. The lowest BCUT2D eigenvalue weighted by atomic mass is 10.5. The summed E-state index contributed by atoms with van der Waals surface area (Å²) in [5.74, 6) is 1.85. The Morgan fingerprint density at radius 3 is 3.00 bits per heavy atom. The van der Waals surface area contributed by atoms with E-state index < -0.39 is 10.0 Å². The lowest BCUT2D eigenvalue weighted by molar-refractivity contribution is 0.269. The van der Waals surface area contributed by atoms with Crippen LogP contribution in [0, 0.1) is 0 Å². The molecular formula is C10H17N3O3S2. The molecule has 0 radical (unpaired) electrons. The summed E-state index contributed by atoms with van der Waals surface area (Å²) in [4.78, 5) is 0.211. The predicted molar refractivity (Wildman–Crippen MR) is 70.0 cm³/mol. The zero-order valence-electron chi connectivity index (χ0n) is 10.0. The van der Waals surface area contributed by atoms with Gasteiger partial charge < -0.3 is 5.11 Å². The molecule has 1 aliphatic heterocycles. The molecule has 1 N–H and O–H groups in total. The molecular weight excluding hydrogens is 274 g/mol. The monoisotopic (exact) mass is 291 g/mol. The third-order valence-corrected chi connectivity index (χ3v) is 5.66. The van der Waals surface area contributed by atoms with Crippen LogP contribution in [0.5, 0.6) is 0 Å². The molecule has 0 amide bonds. The molecule has 1 aliphatic rings. The van der Waals surface area contributed by atoms with E-state index in [1.165, 1.54) is 21.4 Å². The van der Waals surface area contributed by atoms with Gasteiger partial charge in [-0.25, -0.2) is 8.42 Å². The van der Waals surface area contributed by atoms with Gasteiger partial charge in [-0.2, -0.15) is 21.2 Å². The van der Waals surface area contributed by atoms with E-state index in [0.29, 0.717) is 19.6 Å². The second-order valence-electron chi connectivity index (χ2n) is 4.03. The maximum Gasteiger partial charge on any atom is 0.246 e. The van der Waals surface area contributed by atoms with Crippen LogP contribution < -0.4 is 0 Å². The molecule has 18 heavy (non-hydrogen) atoms. The van der Waals surface area contributed by atoms with Gasteiger partial charge in [-0.3, -0.25) is 4.68 Å². The third kappa shape index (κ3) is 3.05. The second-order valence-corrected chi connectivity index (χ2v) is 7.20. The van der Waals surface area contributed by atoms with Crippen molar-refractivity contribution in [1.82, 2.24) is 14.1 Å². The highest BCUT2D eigenvalue weighted by Gasteiger charge is 2.26. The van der Waals surface area contributed by atoms with E-state index in [1.54, 1.807) is 11.8 Å². The van der Waals surface area contributed by atoms with Crippen LogP contribution in [0.4, 0.5) is 0 Å². The predicted octanol–water partition coefficient (Wildman–Crippen LogP) is 0.00300. The lowest BCUT2D eigenvalue weighted by Crippen LogP contribution is -2.32. The van der Waals surface area contributed by atoms with Crippen LogP contribution in [-0.2, 0) is 16.6 Å². The summed E-state index contributed by atoms with van der Waals surface area (Å²) >= 11 is 1.78. The van der Waals surface area contributed by atoms with Crippen LogP contribution in [-0.4, -0.2) is 58.8 Å². The van der Waals surface area contributed by atoms with Gasteiger partial charge in [0.1, 0.15) is 4.90 Å². The average molecular weight is 291 g/mol. The molecule has 1 aromatic rings. The maximum absolute atomic E-state index is 12.4. The van der Waals surface area contributed by atoms with Crippen molar-refractivity contribution in [1.29, 1.82) is 0 Å². The fourth-order valence-electron chi connectivity index (χ4n) is 1.82. The van der Waals surface area contributed by atoms with Crippen molar-refractivity contribution in [2.24, 2.45) is 0 Å². The van der Waals surface area contributed by atoms with Crippen LogP contribution >= 0.6 is 11.8 Å². The summed E-state index contributed by atoms with van der Waals surface area (Å²) in [6, 6.07) is 0. The van der Waals surface area contributed by atoms with Crippen molar-refractivity contribution < 1.29 is 13.5 Å². The van der Waals surface area contributed by atoms with Gasteiger partial charge in [0.15, 0.2) is 0 Å². The molecule has 1 saturated heterocycles. The highest BCUT2D eigenvalue weighted by Crippen LogP contribution is 2.19. The van der Waals surface area contributed by atoms with Crippen LogP contribution in [0.15, 0.2) is 17.3 Å². The molecule has 0 spiro atoms. The van der Waals surface area contributed by atoms with Gasteiger partial charge in [0, 0.05) is 25.0 Å². The Hall–Kier alpha value is -0.570. The van der Waals surface area contributed by atoms with Crippen molar-refractivity contribution >= 4 is 21.8 Å². The summed E-state index contributed by atoms with van der Waals surface area (Å²) in [5.41, 5.74) is 0. The number of nitrogens with zero attached hydrogens (tertiary/aromatic N) is 3. The molecule has 0 aromatic carbocycles. The molecule has 2 heterocycles. The van der Waals surface area contributed by atoms with Crippen LogP contribution in [0.3, 0.4) is 0 Å². The van der Waals surface area contributed by atoms with Gasteiger partial charge in [-0.05, 0) is 12.2 Å². The zero-order chi connectivity index (χ0) is 13.0. The Bertz CT molecular complexity index is 478. The maximum atomic E-state index is 12.4. The molecule has 102 valence electrons. The van der Waals surface area contributed by atoms with E-state index in [2.05, 4.69) is 5.10 Å². The van der Waals surface area contributed by atoms with E-state index in [-0.39, 0.29) is 11.5 Å². The minimum absolute atomic E-state index is 0.0540. The van der Waals surface area contributed by atoms with Crippen LogP contribution in [0.1, 0.15) is 6.42 Å². The number of rotatable bonds is 4. The topological polar surface area (TPSA) is 75.4 Å². The number of aliphatic hydroxyl groups is 1. The number of aliphatic hydroxyl groups excluding tert-OH is 1. The van der Waals surface area contributed by atoms with E-state index in [0.717, 1.165) is 17.9 Å². The molecule has 2 rings (SSSR count). The molecule has 6 nitrogen and oxygen atoms in total. The Labute approximate surface area is 111 Å². The minimum atomic E-state index is -3.43.